The molecule has 2 nitrogen and oxygen atoms in total. The zero-order valence-corrected chi connectivity index (χ0v) is 13.1. The number of nitrogens with zero attached hydrogens (tertiary/aromatic N) is 1. The highest BCUT2D eigenvalue weighted by atomic mass is 32.1. The molecular weight excluding hydrogens is 261 g/mol. The van der Waals surface area contributed by atoms with Crippen LogP contribution in [0.15, 0.2) is 18.2 Å². The van der Waals surface area contributed by atoms with Gasteiger partial charge in [-0.2, -0.15) is 12.6 Å². The Morgan fingerprint density at radius 3 is 2.42 bits per heavy atom. The van der Waals surface area contributed by atoms with E-state index in [4.69, 9.17) is 0 Å². The number of thiol groups is 1. The number of hydrogen-bond acceptors (Lipinski definition) is 2. The van der Waals surface area contributed by atoms with Gasteiger partial charge in [0.15, 0.2) is 0 Å². The molecule has 0 unspecified atom stereocenters. The minimum Gasteiger partial charge on any atom is -0.336 e. The van der Waals surface area contributed by atoms with E-state index in [1.54, 1.807) is 11.0 Å². The van der Waals surface area contributed by atoms with Crippen LogP contribution in [-0.2, 0) is 4.75 Å². The van der Waals surface area contributed by atoms with Crippen molar-refractivity contribution >= 4 is 18.5 Å². The lowest BCUT2D eigenvalue weighted by molar-refractivity contribution is 0.0714. The van der Waals surface area contributed by atoms with Gasteiger partial charge >= 0.3 is 0 Å². The van der Waals surface area contributed by atoms with Crippen LogP contribution in [0.25, 0.3) is 0 Å². The highest BCUT2D eigenvalue weighted by Crippen LogP contribution is 2.31. The molecule has 106 valence electrons. The molecule has 19 heavy (non-hydrogen) atoms. The Morgan fingerprint density at radius 1 is 1.42 bits per heavy atom. The van der Waals surface area contributed by atoms with E-state index in [-0.39, 0.29) is 11.9 Å². The fourth-order valence-corrected chi connectivity index (χ4v) is 2.32. The summed E-state index contributed by atoms with van der Waals surface area (Å²) in [6.07, 6.45) is 0. The van der Waals surface area contributed by atoms with Crippen LogP contribution in [0.2, 0.25) is 0 Å². The summed E-state index contributed by atoms with van der Waals surface area (Å²) in [4.78, 5) is 14.3. The average molecular weight is 283 g/mol. The molecule has 0 radical (unpaired) electrons. The molecule has 1 rings (SSSR count). The molecule has 0 saturated heterocycles. The van der Waals surface area contributed by atoms with Gasteiger partial charge in [0, 0.05) is 22.9 Å². The van der Waals surface area contributed by atoms with Crippen molar-refractivity contribution in [1.82, 2.24) is 4.90 Å². The number of hydrogen-bond donors (Lipinski definition) is 1. The van der Waals surface area contributed by atoms with Crippen molar-refractivity contribution in [2.75, 3.05) is 6.54 Å². The van der Waals surface area contributed by atoms with Gasteiger partial charge in [0.1, 0.15) is 5.82 Å². The first-order chi connectivity index (χ1) is 8.68. The van der Waals surface area contributed by atoms with Crippen LogP contribution in [-0.4, -0.2) is 23.4 Å². The van der Waals surface area contributed by atoms with Crippen LogP contribution in [0.1, 0.15) is 50.5 Å². The fourth-order valence-electron chi connectivity index (χ4n) is 2.12. The summed E-state index contributed by atoms with van der Waals surface area (Å²) in [5.41, 5.74) is 1.15. The first-order valence-corrected chi connectivity index (χ1v) is 6.96. The lowest BCUT2D eigenvalue weighted by Gasteiger charge is -2.28. The molecule has 0 spiro atoms. The Balaban J connectivity index is 3.32. The fraction of sp³-hybridized carbons (Fsp3) is 0.533. The van der Waals surface area contributed by atoms with Gasteiger partial charge in [-0.1, -0.05) is 6.07 Å². The van der Waals surface area contributed by atoms with E-state index in [9.17, 15) is 9.18 Å². The van der Waals surface area contributed by atoms with Gasteiger partial charge in [0.05, 0.1) is 0 Å². The molecule has 0 aromatic heterocycles. The molecule has 0 saturated carbocycles. The van der Waals surface area contributed by atoms with E-state index < -0.39 is 10.6 Å². The monoisotopic (exact) mass is 283 g/mol. The minimum atomic E-state index is -0.491. The molecule has 0 N–H and O–H groups in total. The van der Waals surface area contributed by atoms with Crippen molar-refractivity contribution in [3.05, 3.63) is 35.1 Å². The maximum absolute atomic E-state index is 13.5. The number of rotatable bonds is 4. The van der Waals surface area contributed by atoms with Gasteiger partial charge in [0.25, 0.3) is 5.91 Å². The second kappa shape index (κ2) is 5.95. The second-order valence-corrected chi connectivity index (χ2v) is 6.55. The molecule has 0 atom stereocenters. The average Bonchev–Trinajstić information content (AvgIpc) is 2.27. The summed E-state index contributed by atoms with van der Waals surface area (Å²) < 4.78 is 13.0. The van der Waals surface area contributed by atoms with Crippen molar-refractivity contribution < 1.29 is 9.18 Å². The standard InChI is InChI=1S/C15H22FNOS/c1-6-17(10(2)3)14(18)12-9-11(16)7-8-13(12)15(4,5)19/h7-10,19H,6H2,1-5H3. The van der Waals surface area contributed by atoms with Crippen molar-refractivity contribution in [1.29, 1.82) is 0 Å². The van der Waals surface area contributed by atoms with Crippen LogP contribution in [0, 0.1) is 5.82 Å². The SMILES string of the molecule is CCN(C(=O)c1cc(F)ccc1C(C)(C)S)C(C)C. The number of benzene rings is 1. The van der Waals surface area contributed by atoms with E-state index in [0.29, 0.717) is 12.1 Å². The zero-order valence-electron chi connectivity index (χ0n) is 12.2. The predicted molar refractivity (Wildman–Crippen MR) is 80.3 cm³/mol. The molecular formula is C15H22FNOS. The molecule has 1 aromatic carbocycles. The maximum Gasteiger partial charge on any atom is 0.254 e. The normalized spacial score (nSPS) is 11.8. The highest BCUT2D eigenvalue weighted by molar-refractivity contribution is 7.81. The molecule has 0 fully saturated rings. The smallest absolute Gasteiger partial charge is 0.254 e. The number of carbonyl (C=O) groups excluding carboxylic acids is 1. The number of amides is 1. The van der Waals surface area contributed by atoms with Crippen molar-refractivity contribution in [3.63, 3.8) is 0 Å². The van der Waals surface area contributed by atoms with Gasteiger partial charge in [-0.15, -0.1) is 0 Å². The van der Waals surface area contributed by atoms with Gasteiger partial charge in [-0.3, -0.25) is 4.79 Å². The van der Waals surface area contributed by atoms with Crippen LogP contribution in [0.3, 0.4) is 0 Å². The first kappa shape index (κ1) is 16.0. The van der Waals surface area contributed by atoms with Crippen molar-refractivity contribution in [2.24, 2.45) is 0 Å². The van der Waals surface area contributed by atoms with Crippen LogP contribution in [0.4, 0.5) is 4.39 Å². The topological polar surface area (TPSA) is 20.3 Å². The van der Waals surface area contributed by atoms with Crippen molar-refractivity contribution in [2.45, 2.75) is 45.4 Å². The molecule has 0 aliphatic rings. The number of halogens is 1. The largest absolute Gasteiger partial charge is 0.336 e. The molecule has 1 amide bonds. The quantitative estimate of drug-likeness (QED) is 0.832. The summed E-state index contributed by atoms with van der Waals surface area (Å²) in [5, 5.41) is 0. The molecule has 0 heterocycles. The summed E-state index contributed by atoms with van der Waals surface area (Å²) in [6, 6.07) is 4.40. The van der Waals surface area contributed by atoms with E-state index in [0.717, 1.165) is 5.56 Å². The Kier molecular flexibility index (Phi) is 5.02. The molecule has 1 aromatic rings. The zero-order chi connectivity index (χ0) is 14.8. The maximum atomic E-state index is 13.5. The van der Waals surface area contributed by atoms with Gasteiger partial charge < -0.3 is 4.90 Å². The van der Waals surface area contributed by atoms with Crippen LogP contribution in [0.5, 0.6) is 0 Å². The molecule has 4 heteroatoms. The van der Waals surface area contributed by atoms with E-state index >= 15 is 0 Å². The summed E-state index contributed by atoms with van der Waals surface area (Å²) in [7, 11) is 0. The molecule has 0 bridgehead atoms. The van der Waals surface area contributed by atoms with Gasteiger partial charge in [-0.05, 0) is 52.3 Å². The third-order valence-corrected chi connectivity index (χ3v) is 3.34. The van der Waals surface area contributed by atoms with E-state index in [1.807, 2.05) is 34.6 Å². The lowest BCUT2D eigenvalue weighted by atomic mass is 9.95. The lowest BCUT2D eigenvalue weighted by Crippen LogP contribution is -2.37. The third kappa shape index (κ3) is 3.72. The third-order valence-electron chi connectivity index (χ3n) is 3.10. The van der Waals surface area contributed by atoms with Crippen LogP contribution < -0.4 is 0 Å². The Morgan fingerprint density at radius 2 is 2.00 bits per heavy atom. The van der Waals surface area contributed by atoms with Crippen molar-refractivity contribution in [3.8, 4) is 0 Å². The Labute approximate surface area is 120 Å². The van der Waals surface area contributed by atoms with Gasteiger partial charge in [0.2, 0.25) is 0 Å². The molecule has 0 aliphatic carbocycles. The van der Waals surface area contributed by atoms with E-state index in [1.165, 1.54) is 12.1 Å². The summed E-state index contributed by atoms with van der Waals surface area (Å²) in [6.45, 7) is 10.2. The summed E-state index contributed by atoms with van der Waals surface area (Å²) in [5.74, 6) is -0.543. The second-order valence-electron chi connectivity index (χ2n) is 5.43. The summed E-state index contributed by atoms with van der Waals surface area (Å²) >= 11 is 4.50. The van der Waals surface area contributed by atoms with Crippen LogP contribution >= 0.6 is 12.6 Å². The highest BCUT2D eigenvalue weighted by Gasteiger charge is 2.26. The number of carbonyl (C=O) groups is 1. The predicted octanol–water partition coefficient (Wildman–Crippen LogP) is 3.86. The minimum absolute atomic E-state index is 0.0802. The Bertz CT molecular complexity index is 466. The van der Waals surface area contributed by atoms with E-state index in [2.05, 4.69) is 12.6 Å². The Hall–Kier alpha value is -1.03. The first-order valence-electron chi connectivity index (χ1n) is 6.51. The molecule has 0 aliphatic heterocycles. The van der Waals surface area contributed by atoms with Gasteiger partial charge in [-0.25, -0.2) is 4.39 Å².